The third-order valence-corrected chi connectivity index (χ3v) is 2.83. The summed E-state index contributed by atoms with van der Waals surface area (Å²) in [6.07, 6.45) is 4.81. The van der Waals surface area contributed by atoms with E-state index in [1.807, 2.05) is 12.1 Å². The van der Waals surface area contributed by atoms with Crippen molar-refractivity contribution in [3.05, 3.63) is 59.4 Å². The second kappa shape index (κ2) is 5.31. The maximum absolute atomic E-state index is 11.1. The van der Waals surface area contributed by atoms with Crippen LogP contribution in [0.5, 0.6) is 0 Å². The van der Waals surface area contributed by atoms with Gasteiger partial charge in [0.05, 0.1) is 5.56 Å². The van der Waals surface area contributed by atoms with Crippen LogP contribution in [0.25, 0.3) is 0 Å². The molecule has 1 aromatic carbocycles. The van der Waals surface area contributed by atoms with E-state index in [2.05, 4.69) is 4.98 Å². The maximum Gasteiger partial charge on any atom is 0.336 e. The smallest absolute Gasteiger partial charge is 0.336 e. The zero-order valence-electron chi connectivity index (χ0n) is 9.84. The van der Waals surface area contributed by atoms with Gasteiger partial charge in [0.1, 0.15) is 0 Å². The summed E-state index contributed by atoms with van der Waals surface area (Å²) in [6.45, 7) is 0. The Kier molecular flexibility index (Phi) is 3.57. The van der Waals surface area contributed by atoms with E-state index in [-0.39, 0.29) is 5.56 Å². The molecule has 0 atom stereocenters. The SMILES string of the molecule is Nc1cccc(C(=O)O)c1CCc1cccnc1. The quantitative estimate of drug-likeness (QED) is 0.805. The van der Waals surface area contributed by atoms with Gasteiger partial charge >= 0.3 is 5.97 Å². The highest BCUT2D eigenvalue weighted by Crippen LogP contribution is 2.19. The largest absolute Gasteiger partial charge is 0.478 e. The van der Waals surface area contributed by atoms with E-state index < -0.39 is 5.97 Å². The van der Waals surface area contributed by atoms with Gasteiger partial charge in [-0.2, -0.15) is 0 Å². The van der Waals surface area contributed by atoms with Gasteiger partial charge in [0.15, 0.2) is 0 Å². The van der Waals surface area contributed by atoms with Crippen molar-refractivity contribution in [1.29, 1.82) is 0 Å². The standard InChI is InChI=1S/C14H14N2O2/c15-13-5-1-4-12(14(17)18)11(13)7-6-10-3-2-8-16-9-10/h1-5,8-9H,6-7,15H2,(H,17,18). The van der Waals surface area contributed by atoms with Crippen molar-refractivity contribution in [3.63, 3.8) is 0 Å². The van der Waals surface area contributed by atoms with E-state index in [4.69, 9.17) is 10.8 Å². The predicted molar refractivity (Wildman–Crippen MR) is 69.5 cm³/mol. The van der Waals surface area contributed by atoms with Gasteiger partial charge < -0.3 is 10.8 Å². The number of hydrogen-bond donors (Lipinski definition) is 2. The number of nitrogen functional groups attached to an aromatic ring is 1. The van der Waals surface area contributed by atoms with Gasteiger partial charge in [-0.25, -0.2) is 4.79 Å². The van der Waals surface area contributed by atoms with E-state index in [1.165, 1.54) is 0 Å². The molecule has 3 N–H and O–H groups in total. The van der Waals surface area contributed by atoms with Crippen molar-refractivity contribution < 1.29 is 9.90 Å². The summed E-state index contributed by atoms with van der Waals surface area (Å²) in [5.74, 6) is -0.941. The number of aromatic nitrogens is 1. The summed E-state index contributed by atoms with van der Waals surface area (Å²) in [5.41, 5.74) is 8.40. The number of carbonyl (C=O) groups is 1. The van der Waals surface area contributed by atoms with Crippen LogP contribution in [0.4, 0.5) is 5.69 Å². The topological polar surface area (TPSA) is 76.2 Å². The van der Waals surface area contributed by atoms with Gasteiger partial charge in [-0.05, 0) is 42.2 Å². The number of benzene rings is 1. The molecule has 0 radical (unpaired) electrons. The van der Waals surface area contributed by atoms with E-state index >= 15 is 0 Å². The van der Waals surface area contributed by atoms with Crippen molar-refractivity contribution in [2.45, 2.75) is 12.8 Å². The molecule has 1 heterocycles. The number of rotatable bonds is 4. The van der Waals surface area contributed by atoms with Crippen LogP contribution in [0.15, 0.2) is 42.7 Å². The normalized spacial score (nSPS) is 10.2. The monoisotopic (exact) mass is 242 g/mol. The third kappa shape index (κ3) is 2.66. The average molecular weight is 242 g/mol. The van der Waals surface area contributed by atoms with Gasteiger partial charge in [0, 0.05) is 18.1 Å². The van der Waals surface area contributed by atoms with E-state index in [0.29, 0.717) is 17.7 Å². The lowest BCUT2D eigenvalue weighted by Gasteiger charge is -2.09. The molecule has 0 amide bonds. The molecule has 0 saturated heterocycles. The lowest BCUT2D eigenvalue weighted by atomic mass is 9.99. The minimum absolute atomic E-state index is 0.277. The number of carboxylic acid groups (broad SMARTS) is 1. The van der Waals surface area contributed by atoms with Crippen molar-refractivity contribution >= 4 is 11.7 Å². The van der Waals surface area contributed by atoms with E-state index in [9.17, 15) is 4.79 Å². The Balaban J connectivity index is 2.21. The molecule has 0 unspecified atom stereocenters. The minimum atomic E-state index is -0.941. The van der Waals surface area contributed by atoms with Crippen LogP contribution in [0, 0.1) is 0 Å². The van der Waals surface area contributed by atoms with Crippen LogP contribution in [0.1, 0.15) is 21.5 Å². The molecular formula is C14H14N2O2. The van der Waals surface area contributed by atoms with Gasteiger partial charge in [-0.3, -0.25) is 4.98 Å². The molecular weight excluding hydrogens is 228 g/mol. The van der Waals surface area contributed by atoms with Crippen molar-refractivity contribution in [1.82, 2.24) is 4.98 Å². The highest BCUT2D eigenvalue weighted by molar-refractivity contribution is 5.91. The molecule has 1 aromatic heterocycles. The fraction of sp³-hybridized carbons (Fsp3) is 0.143. The Morgan fingerprint density at radius 1 is 1.22 bits per heavy atom. The molecule has 0 aliphatic heterocycles. The average Bonchev–Trinajstić information content (AvgIpc) is 2.38. The molecule has 0 aliphatic carbocycles. The number of anilines is 1. The molecule has 92 valence electrons. The fourth-order valence-electron chi connectivity index (χ4n) is 1.90. The van der Waals surface area contributed by atoms with Crippen LogP contribution >= 0.6 is 0 Å². The maximum atomic E-state index is 11.1. The number of nitrogens with zero attached hydrogens (tertiary/aromatic N) is 1. The van der Waals surface area contributed by atoms with Crippen LogP contribution < -0.4 is 5.73 Å². The molecule has 2 aromatic rings. The molecule has 18 heavy (non-hydrogen) atoms. The van der Waals surface area contributed by atoms with Crippen molar-refractivity contribution in [3.8, 4) is 0 Å². The number of aryl methyl sites for hydroxylation is 1. The summed E-state index contributed by atoms with van der Waals surface area (Å²) in [4.78, 5) is 15.1. The number of hydrogen-bond acceptors (Lipinski definition) is 3. The van der Waals surface area contributed by atoms with Gasteiger partial charge in [-0.1, -0.05) is 12.1 Å². The molecule has 4 heteroatoms. The Hall–Kier alpha value is -2.36. The molecule has 4 nitrogen and oxygen atoms in total. The second-order valence-corrected chi connectivity index (χ2v) is 4.04. The molecule has 0 fully saturated rings. The lowest BCUT2D eigenvalue weighted by Crippen LogP contribution is -2.07. The first-order valence-corrected chi connectivity index (χ1v) is 5.68. The zero-order valence-corrected chi connectivity index (χ0v) is 9.84. The fourth-order valence-corrected chi connectivity index (χ4v) is 1.90. The summed E-state index contributed by atoms with van der Waals surface area (Å²) >= 11 is 0. The summed E-state index contributed by atoms with van der Waals surface area (Å²) in [5, 5.41) is 9.12. The first kappa shape index (κ1) is 12.1. The predicted octanol–water partition coefficient (Wildman–Crippen LogP) is 2.15. The Bertz CT molecular complexity index is 553. The van der Waals surface area contributed by atoms with Crippen molar-refractivity contribution in [2.75, 3.05) is 5.73 Å². The number of carboxylic acids is 1. The first-order chi connectivity index (χ1) is 8.68. The van der Waals surface area contributed by atoms with Crippen LogP contribution in [0.3, 0.4) is 0 Å². The molecule has 0 spiro atoms. The molecule has 0 aliphatic rings. The van der Waals surface area contributed by atoms with Crippen LogP contribution in [0.2, 0.25) is 0 Å². The van der Waals surface area contributed by atoms with Gasteiger partial charge in [0.25, 0.3) is 0 Å². The molecule has 0 saturated carbocycles. The Morgan fingerprint density at radius 3 is 2.72 bits per heavy atom. The lowest BCUT2D eigenvalue weighted by molar-refractivity contribution is 0.0695. The second-order valence-electron chi connectivity index (χ2n) is 4.04. The number of aromatic carboxylic acids is 1. The Labute approximate surface area is 105 Å². The van der Waals surface area contributed by atoms with Crippen LogP contribution in [-0.2, 0) is 12.8 Å². The van der Waals surface area contributed by atoms with Gasteiger partial charge in [-0.15, -0.1) is 0 Å². The Morgan fingerprint density at radius 2 is 2.06 bits per heavy atom. The minimum Gasteiger partial charge on any atom is -0.478 e. The summed E-state index contributed by atoms with van der Waals surface area (Å²) < 4.78 is 0. The molecule has 2 rings (SSSR count). The first-order valence-electron chi connectivity index (χ1n) is 5.68. The van der Waals surface area contributed by atoms with E-state index in [1.54, 1.807) is 30.6 Å². The highest BCUT2D eigenvalue weighted by Gasteiger charge is 2.12. The van der Waals surface area contributed by atoms with Crippen molar-refractivity contribution in [2.24, 2.45) is 0 Å². The highest BCUT2D eigenvalue weighted by atomic mass is 16.4. The number of nitrogens with two attached hydrogens (primary N) is 1. The zero-order chi connectivity index (χ0) is 13.0. The third-order valence-electron chi connectivity index (χ3n) is 2.83. The summed E-state index contributed by atoms with van der Waals surface area (Å²) in [6, 6.07) is 8.79. The van der Waals surface area contributed by atoms with Gasteiger partial charge in [0.2, 0.25) is 0 Å². The summed E-state index contributed by atoms with van der Waals surface area (Å²) in [7, 11) is 0. The van der Waals surface area contributed by atoms with E-state index in [0.717, 1.165) is 12.0 Å². The number of pyridine rings is 1. The molecule has 0 bridgehead atoms. The van der Waals surface area contributed by atoms with Crippen LogP contribution in [-0.4, -0.2) is 16.1 Å².